The molecule has 9 heteroatoms. The number of esters is 1. The molecule has 1 aliphatic heterocycles. The van der Waals surface area contributed by atoms with Crippen molar-refractivity contribution in [3.05, 3.63) is 69.5 Å². The molecule has 0 saturated heterocycles. The maximum Gasteiger partial charge on any atom is 0.338 e. The highest BCUT2D eigenvalue weighted by atomic mass is 16.5. The number of benzene rings is 1. The maximum absolute atomic E-state index is 11.7. The number of carbonyl (C=O) groups is 1. The van der Waals surface area contributed by atoms with E-state index in [1.54, 1.807) is 29.1 Å². The number of aromatic nitrogens is 3. The SMILES string of the molecule is COc1nc(-n2cc(CNC[C@H](O)c3ccc4c(c3C)COC4=O)cn2)cc(C)c1C#N. The Hall–Kier alpha value is -3.74. The molecule has 0 radical (unpaired) electrons. The van der Waals surface area contributed by atoms with Crippen LogP contribution in [0.4, 0.5) is 0 Å². The number of fused-ring (bicyclic) bond motifs is 1. The van der Waals surface area contributed by atoms with Crippen molar-refractivity contribution in [2.24, 2.45) is 0 Å². The van der Waals surface area contributed by atoms with Crippen molar-refractivity contribution < 1.29 is 19.4 Å². The van der Waals surface area contributed by atoms with Gasteiger partial charge in [0.25, 0.3) is 0 Å². The molecule has 0 unspecified atom stereocenters. The molecule has 32 heavy (non-hydrogen) atoms. The smallest absolute Gasteiger partial charge is 0.338 e. The van der Waals surface area contributed by atoms with Gasteiger partial charge in [-0.05, 0) is 42.7 Å². The van der Waals surface area contributed by atoms with Crippen molar-refractivity contribution in [3.8, 4) is 17.8 Å². The lowest BCUT2D eigenvalue weighted by Crippen LogP contribution is -2.21. The topological polar surface area (TPSA) is 122 Å². The number of pyridine rings is 1. The van der Waals surface area contributed by atoms with Crippen LogP contribution in [0, 0.1) is 25.2 Å². The minimum atomic E-state index is -0.724. The molecule has 3 heterocycles. The third-order valence-corrected chi connectivity index (χ3v) is 5.58. The molecule has 0 amide bonds. The molecule has 1 aliphatic rings. The normalized spacial score (nSPS) is 13.4. The van der Waals surface area contributed by atoms with Gasteiger partial charge < -0.3 is 19.9 Å². The number of cyclic esters (lactones) is 1. The van der Waals surface area contributed by atoms with Crippen LogP contribution < -0.4 is 10.1 Å². The minimum Gasteiger partial charge on any atom is -0.480 e. The number of methoxy groups -OCH3 is 1. The second kappa shape index (κ2) is 8.78. The number of hydrogen-bond acceptors (Lipinski definition) is 8. The van der Waals surface area contributed by atoms with Crippen molar-refractivity contribution in [2.45, 2.75) is 33.1 Å². The zero-order valence-electron chi connectivity index (χ0n) is 18.0. The monoisotopic (exact) mass is 433 g/mol. The number of nitrogens with zero attached hydrogens (tertiary/aromatic N) is 4. The minimum absolute atomic E-state index is 0.251. The van der Waals surface area contributed by atoms with E-state index >= 15 is 0 Å². The second-order valence-corrected chi connectivity index (χ2v) is 7.62. The summed E-state index contributed by atoms with van der Waals surface area (Å²) in [7, 11) is 1.48. The van der Waals surface area contributed by atoms with Crippen LogP contribution in [0.25, 0.3) is 5.82 Å². The Morgan fingerprint density at radius 3 is 2.97 bits per heavy atom. The highest BCUT2D eigenvalue weighted by molar-refractivity contribution is 5.93. The summed E-state index contributed by atoms with van der Waals surface area (Å²) >= 11 is 0. The number of carbonyl (C=O) groups excluding carboxylic acids is 1. The summed E-state index contributed by atoms with van der Waals surface area (Å²) in [5.74, 6) is 0.497. The van der Waals surface area contributed by atoms with E-state index in [4.69, 9.17) is 9.47 Å². The van der Waals surface area contributed by atoms with Gasteiger partial charge in [0.2, 0.25) is 5.88 Å². The first kappa shape index (κ1) is 21.5. The summed E-state index contributed by atoms with van der Waals surface area (Å²) < 4.78 is 11.9. The number of nitrogens with one attached hydrogen (secondary N) is 1. The molecule has 2 N–H and O–H groups in total. The Bertz CT molecular complexity index is 1230. The summed E-state index contributed by atoms with van der Waals surface area (Å²) in [6.45, 7) is 4.80. The molecule has 0 saturated carbocycles. The van der Waals surface area contributed by atoms with Crippen LogP contribution in [-0.4, -0.2) is 39.5 Å². The predicted molar refractivity (Wildman–Crippen MR) is 114 cm³/mol. The molecule has 9 nitrogen and oxygen atoms in total. The van der Waals surface area contributed by atoms with Gasteiger partial charge in [-0.25, -0.2) is 9.48 Å². The highest BCUT2D eigenvalue weighted by Crippen LogP contribution is 2.29. The maximum atomic E-state index is 11.7. The van der Waals surface area contributed by atoms with Crippen molar-refractivity contribution in [3.63, 3.8) is 0 Å². The number of aryl methyl sites for hydroxylation is 1. The molecule has 1 atom stereocenters. The van der Waals surface area contributed by atoms with Gasteiger partial charge in [0, 0.05) is 30.4 Å². The van der Waals surface area contributed by atoms with Crippen LogP contribution >= 0.6 is 0 Å². The Morgan fingerprint density at radius 1 is 1.41 bits per heavy atom. The lowest BCUT2D eigenvalue weighted by molar-refractivity contribution is 0.0535. The Kier molecular flexibility index (Phi) is 5.90. The van der Waals surface area contributed by atoms with Crippen LogP contribution in [0.15, 0.2) is 30.6 Å². The third-order valence-electron chi connectivity index (χ3n) is 5.58. The highest BCUT2D eigenvalue weighted by Gasteiger charge is 2.25. The van der Waals surface area contributed by atoms with Gasteiger partial charge in [0.15, 0.2) is 5.82 Å². The molecular formula is C23H23N5O4. The van der Waals surface area contributed by atoms with E-state index < -0.39 is 6.10 Å². The van der Waals surface area contributed by atoms with Crippen LogP contribution in [0.2, 0.25) is 0 Å². The lowest BCUT2D eigenvalue weighted by Gasteiger charge is -2.16. The molecule has 3 aromatic rings. The quantitative estimate of drug-likeness (QED) is 0.544. The number of ether oxygens (including phenoxy) is 2. The van der Waals surface area contributed by atoms with E-state index in [0.29, 0.717) is 30.0 Å². The standard InChI is InChI=1S/C23H23N5O4/c1-13-6-21(27-22(31-3)18(13)7-24)28-11-15(9-26-28)8-25-10-20(29)16-4-5-17-19(14(16)2)12-32-23(17)30/h4-6,9,11,20,25,29H,8,10,12H2,1-3H3/t20-/m0/s1. The van der Waals surface area contributed by atoms with Crippen molar-refractivity contribution in [1.82, 2.24) is 20.1 Å². The van der Waals surface area contributed by atoms with E-state index in [0.717, 1.165) is 27.8 Å². The largest absolute Gasteiger partial charge is 0.480 e. The molecule has 2 aromatic heterocycles. The molecule has 1 aromatic carbocycles. The van der Waals surface area contributed by atoms with Crippen molar-refractivity contribution >= 4 is 5.97 Å². The number of nitriles is 1. The molecule has 0 spiro atoms. The van der Waals surface area contributed by atoms with Gasteiger partial charge in [-0.2, -0.15) is 15.3 Å². The summed E-state index contributed by atoms with van der Waals surface area (Å²) in [5, 5.41) is 27.5. The predicted octanol–water partition coefficient (Wildman–Crippen LogP) is 2.26. The van der Waals surface area contributed by atoms with E-state index in [9.17, 15) is 15.2 Å². The van der Waals surface area contributed by atoms with Crippen LogP contribution in [0.1, 0.15) is 49.8 Å². The average Bonchev–Trinajstić information content (AvgIpc) is 3.40. The van der Waals surface area contributed by atoms with Crippen molar-refractivity contribution in [2.75, 3.05) is 13.7 Å². The second-order valence-electron chi connectivity index (χ2n) is 7.62. The number of hydrogen-bond donors (Lipinski definition) is 2. The van der Waals surface area contributed by atoms with Gasteiger partial charge >= 0.3 is 5.97 Å². The molecule has 0 bridgehead atoms. The zero-order chi connectivity index (χ0) is 22.8. The summed E-state index contributed by atoms with van der Waals surface area (Å²) in [6.07, 6.45) is 2.82. The average molecular weight is 433 g/mol. The first-order chi connectivity index (χ1) is 15.4. The van der Waals surface area contributed by atoms with Crippen LogP contribution in [0.3, 0.4) is 0 Å². The van der Waals surface area contributed by atoms with Crippen LogP contribution in [0.5, 0.6) is 5.88 Å². The Labute approximate surface area is 185 Å². The van der Waals surface area contributed by atoms with E-state index in [1.807, 2.05) is 20.0 Å². The molecule has 0 aliphatic carbocycles. The molecule has 4 rings (SSSR count). The fourth-order valence-electron chi connectivity index (χ4n) is 3.80. The Morgan fingerprint density at radius 2 is 2.22 bits per heavy atom. The van der Waals surface area contributed by atoms with E-state index in [1.165, 1.54) is 7.11 Å². The first-order valence-electron chi connectivity index (χ1n) is 10.1. The lowest BCUT2D eigenvalue weighted by atomic mass is 9.95. The summed E-state index contributed by atoms with van der Waals surface area (Å²) in [5.41, 5.74) is 5.13. The first-order valence-corrected chi connectivity index (χ1v) is 10.1. The van der Waals surface area contributed by atoms with Crippen LogP contribution in [-0.2, 0) is 17.9 Å². The van der Waals surface area contributed by atoms with Gasteiger partial charge in [0.1, 0.15) is 18.2 Å². The number of aliphatic hydroxyl groups excluding tert-OH is 1. The fourth-order valence-corrected chi connectivity index (χ4v) is 3.80. The number of aliphatic hydroxyl groups is 1. The molecular weight excluding hydrogens is 410 g/mol. The zero-order valence-corrected chi connectivity index (χ0v) is 18.0. The Balaban J connectivity index is 1.41. The summed E-state index contributed by atoms with van der Waals surface area (Å²) in [6, 6.07) is 7.36. The molecule has 164 valence electrons. The van der Waals surface area contributed by atoms with Gasteiger partial charge in [-0.1, -0.05) is 6.07 Å². The van der Waals surface area contributed by atoms with Gasteiger partial charge in [-0.15, -0.1) is 0 Å². The van der Waals surface area contributed by atoms with Gasteiger partial charge in [0.05, 0.1) is 25.0 Å². The van der Waals surface area contributed by atoms with E-state index in [2.05, 4.69) is 21.5 Å². The van der Waals surface area contributed by atoms with E-state index in [-0.39, 0.29) is 18.5 Å². The summed E-state index contributed by atoms with van der Waals surface area (Å²) in [4.78, 5) is 16.0. The van der Waals surface area contributed by atoms with Crippen molar-refractivity contribution in [1.29, 1.82) is 5.26 Å². The fraction of sp³-hybridized carbons (Fsp3) is 0.304. The number of rotatable bonds is 7. The third kappa shape index (κ3) is 3.93. The molecule has 0 fully saturated rings. The van der Waals surface area contributed by atoms with Gasteiger partial charge in [-0.3, -0.25) is 0 Å².